The molecule has 0 N–H and O–H groups in total. The van der Waals surface area contributed by atoms with E-state index in [-0.39, 0.29) is 11.7 Å². The van der Waals surface area contributed by atoms with Gasteiger partial charge in [-0.05, 0) is 41.3 Å². The van der Waals surface area contributed by atoms with Gasteiger partial charge < -0.3 is 4.90 Å². The first-order chi connectivity index (χ1) is 8.47. The quantitative estimate of drug-likeness (QED) is 0.590. The van der Waals surface area contributed by atoms with Crippen molar-refractivity contribution in [1.29, 1.82) is 0 Å². The second kappa shape index (κ2) is 6.94. The zero-order chi connectivity index (χ0) is 13.7. The summed E-state index contributed by atoms with van der Waals surface area (Å²) in [5, 5.41) is 11.0. The number of anilines is 1. The lowest BCUT2D eigenvalue weighted by Crippen LogP contribution is -2.30. The molecule has 0 aromatic carbocycles. The Morgan fingerprint density at radius 3 is 2.89 bits per heavy atom. The number of halogens is 1. The Morgan fingerprint density at radius 2 is 2.33 bits per heavy atom. The molecule has 0 saturated carbocycles. The minimum absolute atomic E-state index is 0.0304. The number of nitro groups is 1. The number of hydrogen-bond donors (Lipinski definition) is 0. The summed E-state index contributed by atoms with van der Waals surface area (Å²) in [6.45, 7) is 2.05. The molecule has 0 fully saturated rings. The topological polar surface area (TPSA) is 59.3 Å². The fourth-order valence-corrected chi connectivity index (χ4v) is 2.41. The van der Waals surface area contributed by atoms with Gasteiger partial charge in [0.1, 0.15) is 0 Å². The average molecular weight is 334 g/mol. The van der Waals surface area contributed by atoms with E-state index in [0.717, 1.165) is 12.2 Å². The molecule has 100 valence electrons. The molecule has 0 spiro atoms. The first kappa shape index (κ1) is 15.2. The molecular weight excluding hydrogens is 318 g/mol. The smallest absolute Gasteiger partial charge is 0.312 e. The van der Waals surface area contributed by atoms with Crippen LogP contribution in [0.3, 0.4) is 0 Å². The SMILES string of the molecule is CSCCC(C)N(C)c1ncc(Br)cc1[N+](=O)[O-]. The highest BCUT2D eigenvalue weighted by atomic mass is 79.9. The third-order valence-electron chi connectivity index (χ3n) is 2.75. The van der Waals surface area contributed by atoms with Gasteiger partial charge in [0.2, 0.25) is 5.82 Å². The molecule has 0 amide bonds. The molecule has 0 bridgehead atoms. The molecule has 1 aromatic heterocycles. The predicted molar refractivity (Wildman–Crippen MR) is 79.5 cm³/mol. The lowest BCUT2D eigenvalue weighted by Gasteiger charge is -2.25. The molecule has 0 aliphatic rings. The Morgan fingerprint density at radius 1 is 1.67 bits per heavy atom. The Labute approximate surface area is 119 Å². The molecule has 18 heavy (non-hydrogen) atoms. The van der Waals surface area contributed by atoms with Crippen LogP contribution in [-0.4, -0.2) is 35.0 Å². The van der Waals surface area contributed by atoms with Gasteiger partial charge in [-0.25, -0.2) is 4.98 Å². The Kier molecular flexibility index (Phi) is 5.87. The molecule has 1 heterocycles. The van der Waals surface area contributed by atoms with Crippen LogP contribution in [0.4, 0.5) is 11.5 Å². The maximum atomic E-state index is 11.0. The third-order valence-corrected chi connectivity index (χ3v) is 3.82. The van der Waals surface area contributed by atoms with Gasteiger partial charge in [0.25, 0.3) is 0 Å². The van der Waals surface area contributed by atoms with E-state index in [0.29, 0.717) is 10.3 Å². The number of thioether (sulfide) groups is 1. The number of hydrogen-bond acceptors (Lipinski definition) is 5. The van der Waals surface area contributed by atoms with E-state index >= 15 is 0 Å². The van der Waals surface area contributed by atoms with Crippen molar-refractivity contribution in [3.63, 3.8) is 0 Å². The summed E-state index contributed by atoms with van der Waals surface area (Å²) in [5.41, 5.74) is 0.0304. The second-order valence-electron chi connectivity index (χ2n) is 3.99. The molecule has 5 nitrogen and oxygen atoms in total. The highest BCUT2D eigenvalue weighted by molar-refractivity contribution is 9.10. The van der Waals surface area contributed by atoms with Crippen molar-refractivity contribution in [2.75, 3.05) is 24.0 Å². The zero-order valence-corrected chi connectivity index (χ0v) is 13.0. The molecule has 7 heteroatoms. The second-order valence-corrected chi connectivity index (χ2v) is 5.90. The van der Waals surface area contributed by atoms with Crippen molar-refractivity contribution < 1.29 is 4.92 Å². The summed E-state index contributed by atoms with van der Waals surface area (Å²) in [4.78, 5) is 16.7. The summed E-state index contributed by atoms with van der Waals surface area (Å²) in [7, 11) is 1.84. The fraction of sp³-hybridized carbons (Fsp3) is 0.545. The van der Waals surface area contributed by atoms with Gasteiger partial charge >= 0.3 is 5.69 Å². The Hall–Kier alpha value is -0.820. The van der Waals surface area contributed by atoms with Crippen LogP contribution in [0.25, 0.3) is 0 Å². The van der Waals surface area contributed by atoms with E-state index < -0.39 is 4.92 Å². The van der Waals surface area contributed by atoms with Crippen LogP contribution >= 0.6 is 27.7 Å². The summed E-state index contributed by atoms with van der Waals surface area (Å²) >= 11 is 4.97. The first-order valence-electron chi connectivity index (χ1n) is 5.49. The Bertz CT molecular complexity index is 431. The van der Waals surface area contributed by atoms with Gasteiger partial charge in [-0.1, -0.05) is 0 Å². The van der Waals surface area contributed by atoms with Crippen LogP contribution in [0.1, 0.15) is 13.3 Å². The maximum absolute atomic E-state index is 11.0. The molecule has 1 rings (SSSR count). The molecule has 0 aliphatic carbocycles. The predicted octanol–water partition coefficient (Wildman–Crippen LogP) is 3.33. The summed E-state index contributed by atoms with van der Waals surface area (Å²) in [6.07, 6.45) is 4.60. The number of pyridine rings is 1. The summed E-state index contributed by atoms with van der Waals surface area (Å²) in [6, 6.07) is 1.70. The number of rotatable bonds is 6. The van der Waals surface area contributed by atoms with Crippen LogP contribution in [0.5, 0.6) is 0 Å². The lowest BCUT2D eigenvalue weighted by molar-refractivity contribution is -0.384. The Balaban J connectivity index is 2.97. The van der Waals surface area contributed by atoms with Crippen molar-refractivity contribution in [2.24, 2.45) is 0 Å². The van der Waals surface area contributed by atoms with E-state index in [9.17, 15) is 10.1 Å². The van der Waals surface area contributed by atoms with Crippen LogP contribution in [0, 0.1) is 10.1 Å². The third kappa shape index (κ3) is 3.84. The van der Waals surface area contributed by atoms with E-state index in [4.69, 9.17) is 0 Å². The first-order valence-corrected chi connectivity index (χ1v) is 7.67. The van der Waals surface area contributed by atoms with Gasteiger partial charge in [0.05, 0.1) is 4.92 Å². The van der Waals surface area contributed by atoms with E-state index in [2.05, 4.69) is 20.9 Å². The lowest BCUT2D eigenvalue weighted by atomic mass is 10.2. The standard InChI is InChI=1S/C11H16BrN3O2S/c1-8(4-5-18-3)14(2)11-10(15(16)17)6-9(12)7-13-11/h6-8H,4-5H2,1-3H3. The van der Waals surface area contributed by atoms with Gasteiger partial charge in [-0.2, -0.15) is 11.8 Å². The van der Waals surface area contributed by atoms with Crippen molar-refractivity contribution in [2.45, 2.75) is 19.4 Å². The molecule has 1 aromatic rings. The fourth-order valence-electron chi connectivity index (χ4n) is 1.52. The highest BCUT2D eigenvalue weighted by Gasteiger charge is 2.22. The maximum Gasteiger partial charge on any atom is 0.312 e. The van der Waals surface area contributed by atoms with Crippen molar-refractivity contribution in [1.82, 2.24) is 4.98 Å². The van der Waals surface area contributed by atoms with Gasteiger partial charge in [-0.3, -0.25) is 10.1 Å². The van der Waals surface area contributed by atoms with Crippen LogP contribution < -0.4 is 4.90 Å². The molecule has 0 aliphatic heterocycles. The molecule has 0 radical (unpaired) electrons. The largest absolute Gasteiger partial charge is 0.351 e. The van der Waals surface area contributed by atoms with E-state index in [1.165, 1.54) is 6.07 Å². The van der Waals surface area contributed by atoms with Crippen LogP contribution in [0.15, 0.2) is 16.7 Å². The molecule has 1 atom stereocenters. The number of nitrogens with zero attached hydrogens (tertiary/aromatic N) is 3. The molecule has 0 saturated heterocycles. The van der Waals surface area contributed by atoms with Gasteiger partial charge in [-0.15, -0.1) is 0 Å². The van der Waals surface area contributed by atoms with E-state index in [1.807, 2.05) is 25.1 Å². The highest BCUT2D eigenvalue weighted by Crippen LogP contribution is 2.29. The molecular formula is C11H16BrN3O2S. The van der Waals surface area contributed by atoms with Crippen LogP contribution in [-0.2, 0) is 0 Å². The van der Waals surface area contributed by atoms with Crippen molar-refractivity contribution in [3.05, 3.63) is 26.9 Å². The molecule has 1 unspecified atom stereocenters. The van der Waals surface area contributed by atoms with Gasteiger partial charge in [0, 0.05) is 29.8 Å². The van der Waals surface area contributed by atoms with Gasteiger partial charge in [0.15, 0.2) is 0 Å². The van der Waals surface area contributed by atoms with Crippen molar-refractivity contribution >= 4 is 39.2 Å². The van der Waals surface area contributed by atoms with E-state index in [1.54, 1.807) is 18.0 Å². The zero-order valence-electron chi connectivity index (χ0n) is 10.6. The van der Waals surface area contributed by atoms with Crippen molar-refractivity contribution in [3.8, 4) is 0 Å². The summed E-state index contributed by atoms with van der Waals surface area (Å²) < 4.78 is 0.614. The minimum atomic E-state index is -0.398. The minimum Gasteiger partial charge on any atom is -0.351 e. The average Bonchev–Trinajstić information content (AvgIpc) is 2.34. The normalized spacial score (nSPS) is 12.2. The monoisotopic (exact) mass is 333 g/mol. The van der Waals surface area contributed by atoms with Crippen LogP contribution in [0.2, 0.25) is 0 Å². The number of aromatic nitrogens is 1. The summed E-state index contributed by atoms with van der Waals surface area (Å²) in [5.74, 6) is 1.44.